The molecule has 0 aliphatic carbocycles. The second kappa shape index (κ2) is 4.45. The Bertz CT molecular complexity index is 338. The van der Waals surface area contributed by atoms with Gasteiger partial charge in [0.05, 0.1) is 17.2 Å². The topological polar surface area (TPSA) is 56.6 Å². The summed E-state index contributed by atoms with van der Waals surface area (Å²) < 4.78 is 0. The van der Waals surface area contributed by atoms with E-state index in [-0.39, 0.29) is 0 Å². The lowest BCUT2D eigenvalue weighted by Crippen LogP contribution is -2.22. The van der Waals surface area contributed by atoms with Gasteiger partial charge in [0.15, 0.2) is 0 Å². The van der Waals surface area contributed by atoms with Gasteiger partial charge in [0.25, 0.3) is 0 Å². The van der Waals surface area contributed by atoms with Crippen molar-refractivity contribution in [2.24, 2.45) is 0 Å². The monoisotopic (exact) mass is 228 g/mol. The highest BCUT2D eigenvalue weighted by Crippen LogP contribution is 2.19. The number of pyridine rings is 1. The second-order valence-corrected chi connectivity index (χ2v) is 4.20. The Balaban J connectivity index is 2.01. The van der Waals surface area contributed by atoms with Crippen LogP contribution in [0.4, 0.5) is 0 Å². The summed E-state index contributed by atoms with van der Waals surface area (Å²) in [6.45, 7) is 1.61. The molecule has 0 aromatic carbocycles. The molecule has 82 valence electrons. The van der Waals surface area contributed by atoms with E-state index in [4.69, 9.17) is 11.6 Å². The maximum Gasteiger partial charge on any atom is 0.0938 e. The van der Waals surface area contributed by atoms with Crippen LogP contribution in [0.3, 0.4) is 0 Å². The largest absolute Gasteiger partial charge is 0.389 e. The lowest BCUT2D eigenvalue weighted by molar-refractivity contribution is 0.0572. The highest BCUT2D eigenvalue weighted by molar-refractivity contribution is 6.31. The molecule has 0 saturated carbocycles. The van der Waals surface area contributed by atoms with Gasteiger partial charge < -0.3 is 10.2 Å². The van der Waals surface area contributed by atoms with Crippen molar-refractivity contribution in [2.45, 2.75) is 18.8 Å². The first-order chi connectivity index (χ1) is 7.16. The third kappa shape index (κ3) is 2.46. The Morgan fingerprint density at radius 3 is 2.67 bits per heavy atom. The predicted molar refractivity (Wildman–Crippen MR) is 56.5 cm³/mol. The van der Waals surface area contributed by atoms with E-state index in [1.807, 2.05) is 11.0 Å². The maximum atomic E-state index is 9.38. The molecule has 4 nitrogen and oxygen atoms in total. The molecule has 1 saturated heterocycles. The lowest BCUT2D eigenvalue weighted by atomic mass is 10.2. The van der Waals surface area contributed by atoms with Gasteiger partial charge in [0.1, 0.15) is 0 Å². The van der Waals surface area contributed by atoms with Gasteiger partial charge in [-0.25, -0.2) is 0 Å². The van der Waals surface area contributed by atoms with Crippen molar-refractivity contribution in [3.8, 4) is 0 Å². The van der Waals surface area contributed by atoms with E-state index in [0.717, 1.165) is 5.56 Å². The Kier molecular flexibility index (Phi) is 3.21. The molecule has 2 unspecified atom stereocenters. The van der Waals surface area contributed by atoms with Gasteiger partial charge >= 0.3 is 0 Å². The summed E-state index contributed by atoms with van der Waals surface area (Å²) >= 11 is 5.96. The zero-order valence-electron chi connectivity index (χ0n) is 8.17. The molecule has 1 aromatic heterocycles. The van der Waals surface area contributed by atoms with E-state index >= 15 is 0 Å². The van der Waals surface area contributed by atoms with Crippen LogP contribution < -0.4 is 0 Å². The first kappa shape index (κ1) is 10.8. The average Bonchev–Trinajstić information content (AvgIpc) is 2.50. The maximum absolute atomic E-state index is 9.38. The molecule has 15 heavy (non-hydrogen) atoms. The third-order valence-corrected chi connectivity index (χ3v) is 2.93. The number of β-amino-alcohol motifs (C(OH)–C–C–N with tert-alkyl or cyclic N) is 2. The van der Waals surface area contributed by atoms with Crippen LogP contribution in [0.2, 0.25) is 5.02 Å². The molecule has 1 aromatic rings. The molecule has 2 N–H and O–H groups in total. The fourth-order valence-electron chi connectivity index (χ4n) is 1.75. The zero-order chi connectivity index (χ0) is 10.8. The van der Waals surface area contributed by atoms with Gasteiger partial charge in [0, 0.05) is 32.0 Å². The summed E-state index contributed by atoms with van der Waals surface area (Å²) in [7, 11) is 0. The van der Waals surface area contributed by atoms with Crippen molar-refractivity contribution >= 4 is 11.6 Å². The van der Waals surface area contributed by atoms with Gasteiger partial charge in [-0.1, -0.05) is 11.6 Å². The number of aliphatic hydroxyl groups excluding tert-OH is 2. The molecular formula is C10H13ClN2O2. The Morgan fingerprint density at radius 1 is 1.40 bits per heavy atom. The molecule has 1 fully saturated rings. The number of aliphatic hydroxyl groups is 2. The van der Waals surface area contributed by atoms with Crippen LogP contribution in [0.1, 0.15) is 5.56 Å². The van der Waals surface area contributed by atoms with Crippen LogP contribution >= 0.6 is 11.6 Å². The van der Waals surface area contributed by atoms with Crippen LogP contribution in [0.5, 0.6) is 0 Å². The minimum absolute atomic E-state index is 0.486. The average molecular weight is 229 g/mol. The number of hydrogen-bond acceptors (Lipinski definition) is 4. The molecule has 0 amide bonds. The van der Waals surface area contributed by atoms with Crippen LogP contribution in [0, 0.1) is 0 Å². The number of nitrogens with zero attached hydrogens (tertiary/aromatic N) is 2. The first-order valence-corrected chi connectivity index (χ1v) is 5.21. The normalized spacial score (nSPS) is 27.1. The minimum atomic E-state index is -0.648. The van der Waals surface area contributed by atoms with E-state index in [9.17, 15) is 10.2 Å². The smallest absolute Gasteiger partial charge is 0.0938 e. The van der Waals surface area contributed by atoms with Crippen LogP contribution in [0.25, 0.3) is 0 Å². The summed E-state index contributed by atoms with van der Waals surface area (Å²) in [5.41, 5.74) is 0.966. The summed E-state index contributed by atoms with van der Waals surface area (Å²) in [5.74, 6) is 0. The number of likely N-dealkylation sites (tertiary alicyclic amines) is 1. The molecule has 0 radical (unpaired) electrons. The van der Waals surface area contributed by atoms with Gasteiger partial charge in [-0.2, -0.15) is 0 Å². The van der Waals surface area contributed by atoms with Crippen molar-refractivity contribution in [2.75, 3.05) is 13.1 Å². The van der Waals surface area contributed by atoms with Crippen LogP contribution in [-0.2, 0) is 6.54 Å². The molecule has 0 bridgehead atoms. The summed E-state index contributed by atoms with van der Waals surface area (Å²) in [6.07, 6.45) is 1.99. The van der Waals surface area contributed by atoms with Crippen molar-refractivity contribution in [1.29, 1.82) is 0 Å². The van der Waals surface area contributed by atoms with E-state index in [1.54, 1.807) is 12.4 Å². The Labute approximate surface area is 93.1 Å². The molecular weight excluding hydrogens is 216 g/mol. The second-order valence-electron chi connectivity index (χ2n) is 3.80. The van der Waals surface area contributed by atoms with Gasteiger partial charge in [0.2, 0.25) is 0 Å². The zero-order valence-corrected chi connectivity index (χ0v) is 8.93. The highest BCUT2D eigenvalue weighted by Gasteiger charge is 2.29. The summed E-state index contributed by atoms with van der Waals surface area (Å²) in [5, 5.41) is 19.4. The SMILES string of the molecule is OC1CN(Cc2ccncc2Cl)CC1O. The van der Waals surface area contributed by atoms with Crippen molar-refractivity contribution in [1.82, 2.24) is 9.88 Å². The van der Waals surface area contributed by atoms with Crippen LogP contribution in [0.15, 0.2) is 18.5 Å². The highest BCUT2D eigenvalue weighted by atomic mass is 35.5. The third-order valence-electron chi connectivity index (χ3n) is 2.59. The van der Waals surface area contributed by atoms with Gasteiger partial charge in [-0.3, -0.25) is 9.88 Å². The van der Waals surface area contributed by atoms with Crippen LogP contribution in [-0.4, -0.2) is 45.4 Å². The van der Waals surface area contributed by atoms with E-state index in [2.05, 4.69) is 4.98 Å². The van der Waals surface area contributed by atoms with Gasteiger partial charge in [-0.05, 0) is 11.6 Å². The fraction of sp³-hybridized carbons (Fsp3) is 0.500. The van der Waals surface area contributed by atoms with Crippen molar-refractivity contribution < 1.29 is 10.2 Å². The molecule has 1 aliphatic rings. The molecule has 2 atom stereocenters. The fourth-order valence-corrected chi connectivity index (χ4v) is 1.93. The first-order valence-electron chi connectivity index (χ1n) is 4.83. The Hall–Kier alpha value is -0.680. The summed E-state index contributed by atoms with van der Waals surface area (Å²) in [6, 6.07) is 1.85. The predicted octanol–water partition coefficient (Wildman–Crippen LogP) is 0.272. The Morgan fingerprint density at radius 2 is 2.07 bits per heavy atom. The number of halogens is 1. The quantitative estimate of drug-likeness (QED) is 0.763. The molecule has 2 rings (SSSR count). The lowest BCUT2D eigenvalue weighted by Gasteiger charge is -2.15. The number of hydrogen-bond donors (Lipinski definition) is 2. The molecule has 0 spiro atoms. The van der Waals surface area contributed by atoms with E-state index < -0.39 is 12.2 Å². The minimum Gasteiger partial charge on any atom is -0.389 e. The van der Waals surface area contributed by atoms with Crippen molar-refractivity contribution in [3.63, 3.8) is 0 Å². The van der Waals surface area contributed by atoms with E-state index in [1.165, 1.54) is 0 Å². The van der Waals surface area contributed by atoms with Crippen molar-refractivity contribution in [3.05, 3.63) is 29.0 Å². The molecule has 2 heterocycles. The number of rotatable bonds is 2. The standard InChI is InChI=1S/C10H13ClN2O2/c11-8-3-12-2-1-7(8)4-13-5-9(14)10(15)6-13/h1-3,9-10,14-15H,4-6H2. The summed E-state index contributed by atoms with van der Waals surface area (Å²) in [4.78, 5) is 5.87. The molecule has 1 aliphatic heterocycles. The van der Waals surface area contributed by atoms with Gasteiger partial charge in [-0.15, -0.1) is 0 Å². The number of aromatic nitrogens is 1. The van der Waals surface area contributed by atoms with E-state index in [0.29, 0.717) is 24.7 Å². The molecule has 5 heteroatoms.